The normalized spacial score (nSPS) is 16.3. The number of carbonyl (C=O) groups is 2. The van der Waals surface area contributed by atoms with Crippen molar-refractivity contribution < 1.29 is 9.59 Å². The van der Waals surface area contributed by atoms with Crippen molar-refractivity contribution in [3.63, 3.8) is 0 Å². The van der Waals surface area contributed by atoms with Crippen molar-refractivity contribution in [1.82, 2.24) is 20.1 Å². The molecule has 0 saturated heterocycles. The van der Waals surface area contributed by atoms with Crippen molar-refractivity contribution in [3.8, 4) is 11.4 Å². The summed E-state index contributed by atoms with van der Waals surface area (Å²) in [5.74, 6) is -0.696. The van der Waals surface area contributed by atoms with E-state index in [9.17, 15) is 9.59 Å². The van der Waals surface area contributed by atoms with Gasteiger partial charge in [0.25, 0.3) is 5.91 Å². The molecular formula is C19H17N5O2. The highest BCUT2D eigenvalue weighted by molar-refractivity contribution is 6.04. The lowest BCUT2D eigenvalue weighted by molar-refractivity contribution is -0.117. The third-order valence-corrected chi connectivity index (χ3v) is 4.50. The van der Waals surface area contributed by atoms with Gasteiger partial charge < -0.3 is 10.2 Å². The number of hydrogen-bond donors (Lipinski definition) is 2. The molecule has 3 aromatic rings. The minimum absolute atomic E-state index is 0.0675. The van der Waals surface area contributed by atoms with Crippen LogP contribution in [0.4, 0.5) is 5.69 Å². The third-order valence-electron chi connectivity index (χ3n) is 4.50. The molecule has 26 heavy (non-hydrogen) atoms. The molecule has 1 aliphatic heterocycles. The molecule has 0 bridgehead atoms. The number of amides is 2. The predicted molar refractivity (Wildman–Crippen MR) is 96.6 cm³/mol. The summed E-state index contributed by atoms with van der Waals surface area (Å²) in [4.78, 5) is 31.1. The van der Waals surface area contributed by atoms with Crippen LogP contribution < -0.4 is 5.32 Å². The highest BCUT2D eigenvalue weighted by Gasteiger charge is 2.33. The largest absolute Gasteiger partial charge is 0.341 e. The molecule has 2 amide bonds. The Labute approximate surface area is 150 Å². The van der Waals surface area contributed by atoms with E-state index in [2.05, 4.69) is 20.5 Å². The number of nitrogens with zero attached hydrogens (tertiary/aromatic N) is 3. The minimum Gasteiger partial charge on any atom is -0.341 e. The van der Waals surface area contributed by atoms with Gasteiger partial charge >= 0.3 is 0 Å². The summed E-state index contributed by atoms with van der Waals surface area (Å²) >= 11 is 0. The molecule has 0 radical (unpaired) electrons. The van der Waals surface area contributed by atoms with Gasteiger partial charge in [-0.3, -0.25) is 19.7 Å². The Morgan fingerprint density at radius 2 is 2.04 bits per heavy atom. The molecule has 4 rings (SSSR count). The first-order chi connectivity index (χ1) is 12.6. The van der Waals surface area contributed by atoms with Crippen molar-refractivity contribution in [1.29, 1.82) is 0 Å². The number of aromatic nitrogens is 3. The van der Waals surface area contributed by atoms with E-state index in [0.717, 1.165) is 5.56 Å². The van der Waals surface area contributed by atoms with Gasteiger partial charge in [0.15, 0.2) is 0 Å². The maximum atomic E-state index is 13.0. The average Bonchev–Trinajstić information content (AvgIpc) is 3.13. The van der Waals surface area contributed by atoms with Gasteiger partial charge in [0.05, 0.1) is 23.5 Å². The van der Waals surface area contributed by atoms with Gasteiger partial charge in [-0.1, -0.05) is 24.3 Å². The molecule has 1 aliphatic rings. The molecule has 0 spiro atoms. The first-order valence-electron chi connectivity index (χ1n) is 8.25. The Morgan fingerprint density at radius 3 is 2.85 bits per heavy atom. The van der Waals surface area contributed by atoms with Crippen LogP contribution in [-0.2, 0) is 4.79 Å². The summed E-state index contributed by atoms with van der Waals surface area (Å²) in [6.45, 7) is 0.332. The maximum Gasteiger partial charge on any atom is 0.253 e. The third kappa shape index (κ3) is 2.73. The molecule has 0 fully saturated rings. The fraction of sp³-hybridized carbons (Fsp3) is 0.158. The van der Waals surface area contributed by atoms with Crippen LogP contribution in [0.2, 0.25) is 0 Å². The Morgan fingerprint density at radius 1 is 1.23 bits per heavy atom. The molecule has 0 saturated carbocycles. The number of pyridine rings is 1. The highest BCUT2D eigenvalue weighted by atomic mass is 16.2. The number of hydrogen-bond acceptors (Lipinski definition) is 4. The SMILES string of the molecule is CN1CC(C(=O)Nc2cn[nH]c2-c2ccccn2)c2ccccc2C1=O. The Hall–Kier alpha value is -3.48. The van der Waals surface area contributed by atoms with Crippen LogP contribution in [-0.4, -0.2) is 45.5 Å². The molecule has 7 nitrogen and oxygen atoms in total. The lowest BCUT2D eigenvalue weighted by Crippen LogP contribution is -2.41. The predicted octanol–water partition coefficient (Wildman–Crippen LogP) is 2.28. The zero-order valence-electron chi connectivity index (χ0n) is 14.1. The number of carbonyl (C=O) groups excluding carboxylic acids is 2. The molecule has 130 valence electrons. The number of aromatic amines is 1. The maximum absolute atomic E-state index is 13.0. The van der Waals surface area contributed by atoms with Crippen molar-refractivity contribution in [2.45, 2.75) is 5.92 Å². The number of nitrogens with one attached hydrogen (secondary N) is 2. The fourth-order valence-electron chi connectivity index (χ4n) is 3.19. The zero-order valence-corrected chi connectivity index (χ0v) is 14.1. The van der Waals surface area contributed by atoms with Crippen LogP contribution in [0.1, 0.15) is 21.8 Å². The smallest absolute Gasteiger partial charge is 0.253 e. The van der Waals surface area contributed by atoms with Crippen molar-refractivity contribution in [2.75, 3.05) is 18.9 Å². The molecular weight excluding hydrogens is 330 g/mol. The number of likely N-dealkylation sites (N-methyl/N-ethyl adjacent to an activating group) is 1. The second kappa shape index (κ2) is 6.44. The first-order valence-corrected chi connectivity index (χ1v) is 8.25. The number of H-pyrrole nitrogens is 1. The standard InChI is InChI=1S/C19H17N5O2/c1-24-11-14(12-6-2-3-7-13(12)19(24)26)18(25)22-16-10-21-23-17(16)15-8-4-5-9-20-15/h2-10,14H,11H2,1H3,(H,21,23)(H,22,25). The Balaban J connectivity index is 1.63. The summed E-state index contributed by atoms with van der Waals surface area (Å²) in [6.07, 6.45) is 3.24. The lowest BCUT2D eigenvalue weighted by Gasteiger charge is -2.31. The summed E-state index contributed by atoms with van der Waals surface area (Å²) in [5.41, 5.74) is 3.21. The lowest BCUT2D eigenvalue weighted by atomic mass is 9.89. The number of benzene rings is 1. The molecule has 2 N–H and O–H groups in total. The van der Waals surface area contributed by atoms with E-state index in [1.54, 1.807) is 36.5 Å². The minimum atomic E-state index is -0.444. The van der Waals surface area contributed by atoms with E-state index >= 15 is 0 Å². The van der Waals surface area contributed by atoms with Gasteiger partial charge in [0.2, 0.25) is 5.91 Å². The Bertz CT molecular complexity index is 967. The number of fused-ring (bicyclic) bond motifs is 1. The Kier molecular flexibility index (Phi) is 3.96. The second-order valence-electron chi connectivity index (χ2n) is 6.19. The molecule has 3 heterocycles. The molecule has 2 aromatic heterocycles. The van der Waals surface area contributed by atoms with Crippen LogP contribution in [0, 0.1) is 0 Å². The van der Waals surface area contributed by atoms with Crippen molar-refractivity contribution in [2.24, 2.45) is 0 Å². The van der Waals surface area contributed by atoms with E-state index in [1.165, 1.54) is 0 Å². The molecule has 1 atom stereocenters. The molecule has 7 heteroatoms. The number of anilines is 1. The quantitative estimate of drug-likeness (QED) is 0.760. The summed E-state index contributed by atoms with van der Waals surface area (Å²) in [7, 11) is 1.70. The van der Waals surface area contributed by atoms with Crippen molar-refractivity contribution in [3.05, 3.63) is 66.0 Å². The highest BCUT2D eigenvalue weighted by Crippen LogP contribution is 2.30. The van der Waals surface area contributed by atoms with Crippen LogP contribution in [0.15, 0.2) is 54.9 Å². The van der Waals surface area contributed by atoms with Gasteiger partial charge in [-0.2, -0.15) is 5.10 Å². The summed E-state index contributed by atoms with van der Waals surface area (Å²) < 4.78 is 0. The summed E-state index contributed by atoms with van der Waals surface area (Å²) in [6, 6.07) is 12.8. The van der Waals surface area contributed by atoms with E-state index < -0.39 is 5.92 Å². The molecule has 0 aliphatic carbocycles. The number of rotatable bonds is 3. The van der Waals surface area contributed by atoms with Gasteiger partial charge in [0, 0.05) is 25.4 Å². The van der Waals surface area contributed by atoms with Crippen LogP contribution >= 0.6 is 0 Å². The summed E-state index contributed by atoms with van der Waals surface area (Å²) in [5, 5.41) is 9.82. The van der Waals surface area contributed by atoms with Gasteiger partial charge in [-0.05, 0) is 23.8 Å². The topological polar surface area (TPSA) is 91.0 Å². The van der Waals surface area contributed by atoms with E-state index in [1.807, 2.05) is 30.3 Å². The zero-order chi connectivity index (χ0) is 18.1. The van der Waals surface area contributed by atoms with Gasteiger partial charge in [-0.15, -0.1) is 0 Å². The second-order valence-corrected chi connectivity index (χ2v) is 6.19. The van der Waals surface area contributed by atoms with Gasteiger partial charge in [-0.25, -0.2) is 0 Å². The first kappa shape index (κ1) is 16.0. The fourth-order valence-corrected chi connectivity index (χ4v) is 3.19. The monoisotopic (exact) mass is 347 g/mol. The van der Waals surface area contributed by atoms with Crippen LogP contribution in [0.25, 0.3) is 11.4 Å². The van der Waals surface area contributed by atoms with Gasteiger partial charge in [0.1, 0.15) is 5.69 Å². The van der Waals surface area contributed by atoms with E-state index in [0.29, 0.717) is 29.2 Å². The molecule has 1 unspecified atom stereocenters. The average molecular weight is 347 g/mol. The molecule has 1 aromatic carbocycles. The van der Waals surface area contributed by atoms with E-state index in [-0.39, 0.29) is 11.8 Å². The van der Waals surface area contributed by atoms with E-state index in [4.69, 9.17) is 0 Å². The van der Waals surface area contributed by atoms with Crippen LogP contribution in [0.3, 0.4) is 0 Å². The van der Waals surface area contributed by atoms with Crippen molar-refractivity contribution >= 4 is 17.5 Å². The van der Waals surface area contributed by atoms with Crippen LogP contribution in [0.5, 0.6) is 0 Å².